The van der Waals surface area contributed by atoms with E-state index in [2.05, 4.69) is 10.5 Å². The van der Waals surface area contributed by atoms with Gasteiger partial charge in [0.15, 0.2) is 23.0 Å². The number of fused-ring (bicyclic) bond motifs is 1. The lowest BCUT2D eigenvalue weighted by Crippen LogP contribution is -2.15. The standard InChI is InChI=1S/C19H15N3O5/c20-18(23)11-1-4-13(5-2-11)21-19(24)14-10-16(27-22-14)12-3-6-15-17(9-12)26-8-7-25-15/h1-6,9-10H,7-8H2,(H2,20,23)(H,21,24). The molecule has 27 heavy (non-hydrogen) atoms. The van der Waals surface area contributed by atoms with Crippen molar-refractivity contribution in [3.05, 3.63) is 59.8 Å². The van der Waals surface area contributed by atoms with Gasteiger partial charge in [-0.05, 0) is 42.5 Å². The number of hydrogen-bond acceptors (Lipinski definition) is 6. The molecule has 2 amide bonds. The summed E-state index contributed by atoms with van der Waals surface area (Å²) in [5.41, 5.74) is 6.90. The Morgan fingerprint density at radius 3 is 2.44 bits per heavy atom. The molecule has 0 bridgehead atoms. The van der Waals surface area contributed by atoms with E-state index in [4.69, 9.17) is 19.7 Å². The zero-order chi connectivity index (χ0) is 18.8. The van der Waals surface area contributed by atoms with E-state index in [-0.39, 0.29) is 5.69 Å². The highest BCUT2D eigenvalue weighted by Gasteiger charge is 2.17. The lowest BCUT2D eigenvalue weighted by atomic mass is 10.1. The molecule has 0 spiro atoms. The summed E-state index contributed by atoms with van der Waals surface area (Å²) in [6.45, 7) is 0.994. The molecule has 2 heterocycles. The largest absolute Gasteiger partial charge is 0.486 e. The number of anilines is 1. The maximum Gasteiger partial charge on any atom is 0.277 e. The van der Waals surface area contributed by atoms with Crippen LogP contribution in [0.1, 0.15) is 20.8 Å². The highest BCUT2D eigenvalue weighted by molar-refractivity contribution is 6.03. The van der Waals surface area contributed by atoms with Crippen LogP contribution in [0.2, 0.25) is 0 Å². The lowest BCUT2D eigenvalue weighted by molar-refractivity contribution is 0.0997. The summed E-state index contributed by atoms with van der Waals surface area (Å²) in [7, 11) is 0. The Kier molecular flexibility index (Phi) is 4.21. The van der Waals surface area contributed by atoms with Crippen molar-refractivity contribution in [1.82, 2.24) is 5.16 Å². The normalized spacial score (nSPS) is 12.4. The van der Waals surface area contributed by atoms with E-state index in [1.807, 2.05) is 0 Å². The van der Waals surface area contributed by atoms with Gasteiger partial charge in [0.05, 0.1) is 0 Å². The third kappa shape index (κ3) is 3.45. The van der Waals surface area contributed by atoms with Crippen molar-refractivity contribution in [2.24, 2.45) is 5.73 Å². The number of primary amides is 1. The Labute approximate surface area is 153 Å². The van der Waals surface area contributed by atoms with E-state index < -0.39 is 11.8 Å². The molecule has 1 aliphatic rings. The Morgan fingerprint density at radius 2 is 1.70 bits per heavy atom. The summed E-state index contributed by atoms with van der Waals surface area (Å²) >= 11 is 0. The van der Waals surface area contributed by atoms with Gasteiger partial charge in [0.2, 0.25) is 5.91 Å². The summed E-state index contributed by atoms with van der Waals surface area (Å²) in [6.07, 6.45) is 0. The second-order valence-corrected chi connectivity index (χ2v) is 5.83. The fourth-order valence-electron chi connectivity index (χ4n) is 2.63. The molecule has 0 saturated heterocycles. The van der Waals surface area contributed by atoms with Gasteiger partial charge in [-0.25, -0.2) is 0 Å². The second-order valence-electron chi connectivity index (χ2n) is 5.83. The molecule has 0 saturated carbocycles. The van der Waals surface area contributed by atoms with E-state index in [1.165, 1.54) is 12.1 Å². The first-order valence-electron chi connectivity index (χ1n) is 8.18. The molecule has 0 unspecified atom stereocenters. The second kappa shape index (κ2) is 6.83. The Hall–Kier alpha value is -3.81. The molecule has 1 aliphatic heterocycles. The van der Waals surface area contributed by atoms with E-state index in [1.54, 1.807) is 36.4 Å². The molecular weight excluding hydrogens is 350 g/mol. The van der Waals surface area contributed by atoms with Gasteiger partial charge in [0, 0.05) is 22.9 Å². The quantitative estimate of drug-likeness (QED) is 0.733. The molecule has 2 aromatic carbocycles. The van der Waals surface area contributed by atoms with Crippen LogP contribution < -0.4 is 20.5 Å². The highest BCUT2D eigenvalue weighted by atomic mass is 16.6. The number of nitrogens with two attached hydrogens (primary N) is 1. The van der Waals surface area contributed by atoms with Crippen LogP contribution in [-0.4, -0.2) is 30.2 Å². The number of carbonyl (C=O) groups is 2. The van der Waals surface area contributed by atoms with Crippen LogP contribution in [0.25, 0.3) is 11.3 Å². The van der Waals surface area contributed by atoms with E-state index in [0.717, 1.165) is 5.56 Å². The van der Waals surface area contributed by atoms with Gasteiger partial charge < -0.3 is 25.0 Å². The summed E-state index contributed by atoms with van der Waals surface area (Å²) < 4.78 is 16.3. The summed E-state index contributed by atoms with van der Waals surface area (Å²) in [6, 6.07) is 13.1. The third-order valence-electron chi connectivity index (χ3n) is 4.00. The van der Waals surface area contributed by atoms with Crippen molar-refractivity contribution in [2.75, 3.05) is 18.5 Å². The maximum atomic E-state index is 12.3. The summed E-state index contributed by atoms with van der Waals surface area (Å²) in [5, 5.41) is 6.49. The zero-order valence-corrected chi connectivity index (χ0v) is 14.1. The van der Waals surface area contributed by atoms with Gasteiger partial charge in [-0.3, -0.25) is 9.59 Å². The summed E-state index contributed by atoms with van der Waals surface area (Å²) in [5.74, 6) is 0.751. The van der Waals surface area contributed by atoms with E-state index >= 15 is 0 Å². The number of aromatic nitrogens is 1. The van der Waals surface area contributed by atoms with Crippen molar-refractivity contribution in [3.63, 3.8) is 0 Å². The van der Waals surface area contributed by atoms with Crippen molar-refractivity contribution in [1.29, 1.82) is 0 Å². The number of nitrogens with one attached hydrogen (secondary N) is 1. The van der Waals surface area contributed by atoms with Gasteiger partial charge in [-0.2, -0.15) is 0 Å². The lowest BCUT2D eigenvalue weighted by Gasteiger charge is -2.18. The monoisotopic (exact) mass is 365 g/mol. The average Bonchev–Trinajstić information content (AvgIpc) is 3.18. The van der Waals surface area contributed by atoms with Crippen molar-refractivity contribution in [2.45, 2.75) is 0 Å². The predicted octanol–water partition coefficient (Wildman–Crippen LogP) is 2.46. The molecular formula is C19H15N3O5. The van der Waals surface area contributed by atoms with Gasteiger partial charge in [-0.1, -0.05) is 5.16 Å². The first kappa shape index (κ1) is 16.6. The Balaban J connectivity index is 1.50. The molecule has 0 fully saturated rings. The Bertz CT molecular complexity index is 1010. The molecule has 3 aromatic rings. The minimum absolute atomic E-state index is 0.124. The molecule has 0 aliphatic carbocycles. The number of ether oxygens (including phenoxy) is 2. The highest BCUT2D eigenvalue weighted by Crippen LogP contribution is 2.34. The van der Waals surface area contributed by atoms with E-state index in [0.29, 0.717) is 41.7 Å². The van der Waals surface area contributed by atoms with Gasteiger partial charge >= 0.3 is 0 Å². The number of nitrogens with zero attached hydrogens (tertiary/aromatic N) is 1. The zero-order valence-electron chi connectivity index (χ0n) is 14.1. The van der Waals surface area contributed by atoms with Crippen LogP contribution in [0.3, 0.4) is 0 Å². The smallest absolute Gasteiger partial charge is 0.277 e. The molecule has 8 heteroatoms. The number of hydrogen-bond donors (Lipinski definition) is 2. The van der Waals surface area contributed by atoms with Gasteiger partial charge in [0.25, 0.3) is 5.91 Å². The van der Waals surface area contributed by atoms with Gasteiger partial charge in [0.1, 0.15) is 13.2 Å². The summed E-state index contributed by atoms with van der Waals surface area (Å²) in [4.78, 5) is 23.4. The molecule has 3 N–H and O–H groups in total. The molecule has 136 valence electrons. The maximum absolute atomic E-state index is 12.3. The van der Waals surface area contributed by atoms with Crippen LogP contribution in [0.4, 0.5) is 5.69 Å². The van der Waals surface area contributed by atoms with Crippen LogP contribution in [-0.2, 0) is 0 Å². The van der Waals surface area contributed by atoms with Crippen LogP contribution >= 0.6 is 0 Å². The van der Waals surface area contributed by atoms with Crippen LogP contribution in [0.15, 0.2) is 53.1 Å². The molecule has 0 radical (unpaired) electrons. The Morgan fingerprint density at radius 1 is 0.963 bits per heavy atom. The predicted molar refractivity (Wildman–Crippen MR) is 95.8 cm³/mol. The number of carbonyl (C=O) groups excluding carboxylic acids is 2. The van der Waals surface area contributed by atoms with E-state index in [9.17, 15) is 9.59 Å². The van der Waals surface area contributed by atoms with Crippen molar-refractivity contribution >= 4 is 17.5 Å². The SMILES string of the molecule is NC(=O)c1ccc(NC(=O)c2cc(-c3ccc4c(c3)OCCO4)on2)cc1. The van der Waals surface area contributed by atoms with Crippen LogP contribution in [0, 0.1) is 0 Å². The first-order chi connectivity index (χ1) is 13.1. The topological polar surface area (TPSA) is 117 Å². The number of benzene rings is 2. The van der Waals surface area contributed by atoms with Gasteiger partial charge in [-0.15, -0.1) is 0 Å². The van der Waals surface area contributed by atoms with Crippen molar-refractivity contribution < 1.29 is 23.6 Å². The number of amides is 2. The fraction of sp³-hybridized carbons (Fsp3) is 0.105. The third-order valence-corrected chi connectivity index (χ3v) is 4.00. The molecule has 4 rings (SSSR count). The van der Waals surface area contributed by atoms with Crippen LogP contribution in [0.5, 0.6) is 11.5 Å². The molecule has 1 aromatic heterocycles. The average molecular weight is 365 g/mol. The fourth-order valence-corrected chi connectivity index (χ4v) is 2.63. The molecule has 0 atom stereocenters. The van der Waals surface area contributed by atoms with Crippen molar-refractivity contribution in [3.8, 4) is 22.8 Å². The number of rotatable bonds is 4. The minimum atomic E-state index is -0.534. The first-order valence-corrected chi connectivity index (χ1v) is 8.18. The minimum Gasteiger partial charge on any atom is -0.486 e. The molecule has 8 nitrogen and oxygen atoms in total.